The van der Waals surface area contributed by atoms with Crippen LogP contribution in [0, 0.1) is 6.92 Å². The van der Waals surface area contributed by atoms with Crippen LogP contribution in [0.25, 0.3) is 0 Å². The Morgan fingerprint density at radius 1 is 1.24 bits per heavy atom. The summed E-state index contributed by atoms with van der Waals surface area (Å²) in [5.41, 5.74) is 8.74. The Labute approximate surface area is 106 Å². The maximum atomic E-state index is 5.91. The lowest BCUT2D eigenvalue weighted by Crippen LogP contribution is -2.00. The van der Waals surface area contributed by atoms with Crippen molar-refractivity contribution >= 4 is 23.1 Å². The molecule has 3 nitrogen and oxygen atoms in total. The summed E-state index contributed by atoms with van der Waals surface area (Å²) in [6, 6.07) is 11.7. The molecular formula is C13H14ClN3. The number of halogens is 1. The van der Waals surface area contributed by atoms with E-state index in [-0.39, 0.29) is 0 Å². The number of rotatable bonds is 3. The Kier molecular flexibility index (Phi) is 3.61. The molecule has 1 aromatic heterocycles. The van der Waals surface area contributed by atoms with E-state index in [1.807, 2.05) is 37.3 Å². The van der Waals surface area contributed by atoms with Crippen LogP contribution in [0.15, 0.2) is 36.4 Å². The summed E-state index contributed by atoms with van der Waals surface area (Å²) in [6.45, 7) is 2.50. The molecule has 0 saturated heterocycles. The number of hydrogen-bond donors (Lipinski definition) is 2. The number of aromatic nitrogens is 1. The van der Waals surface area contributed by atoms with E-state index < -0.39 is 0 Å². The zero-order chi connectivity index (χ0) is 12.3. The standard InChI is InChI=1S/C13H14ClN3/c1-9-2-4-11(5-3-9)16-13-7-10(8-15)6-12(14)17-13/h2-7H,8,15H2,1H3,(H,16,17). The molecule has 17 heavy (non-hydrogen) atoms. The first kappa shape index (κ1) is 11.9. The summed E-state index contributed by atoms with van der Waals surface area (Å²) >= 11 is 5.91. The average Bonchev–Trinajstić information content (AvgIpc) is 2.31. The van der Waals surface area contributed by atoms with Crippen LogP contribution >= 0.6 is 11.6 Å². The highest BCUT2D eigenvalue weighted by Gasteiger charge is 2.01. The zero-order valence-corrected chi connectivity index (χ0v) is 10.3. The zero-order valence-electron chi connectivity index (χ0n) is 9.57. The fourth-order valence-corrected chi connectivity index (χ4v) is 1.75. The molecule has 2 aromatic rings. The monoisotopic (exact) mass is 247 g/mol. The third kappa shape index (κ3) is 3.19. The van der Waals surface area contributed by atoms with Crippen molar-refractivity contribution in [2.45, 2.75) is 13.5 Å². The largest absolute Gasteiger partial charge is 0.340 e. The number of hydrogen-bond acceptors (Lipinski definition) is 3. The van der Waals surface area contributed by atoms with Crippen molar-refractivity contribution in [2.75, 3.05) is 5.32 Å². The number of nitrogens with one attached hydrogen (secondary N) is 1. The molecule has 0 bridgehead atoms. The second kappa shape index (κ2) is 5.17. The Balaban J connectivity index is 2.23. The predicted molar refractivity (Wildman–Crippen MR) is 71.6 cm³/mol. The molecule has 0 amide bonds. The van der Waals surface area contributed by atoms with Crippen LogP contribution in [0.1, 0.15) is 11.1 Å². The molecule has 0 spiro atoms. The van der Waals surface area contributed by atoms with E-state index in [9.17, 15) is 0 Å². The molecule has 1 heterocycles. The van der Waals surface area contributed by atoms with Gasteiger partial charge < -0.3 is 11.1 Å². The van der Waals surface area contributed by atoms with Gasteiger partial charge in [-0.25, -0.2) is 4.98 Å². The van der Waals surface area contributed by atoms with Crippen molar-refractivity contribution < 1.29 is 0 Å². The number of nitrogens with two attached hydrogens (primary N) is 1. The van der Waals surface area contributed by atoms with Crippen LogP contribution < -0.4 is 11.1 Å². The second-order valence-electron chi connectivity index (χ2n) is 3.88. The smallest absolute Gasteiger partial charge is 0.132 e. The topological polar surface area (TPSA) is 50.9 Å². The summed E-state index contributed by atoms with van der Waals surface area (Å²) in [5.74, 6) is 0.710. The summed E-state index contributed by atoms with van der Waals surface area (Å²) in [7, 11) is 0. The van der Waals surface area contributed by atoms with E-state index >= 15 is 0 Å². The second-order valence-corrected chi connectivity index (χ2v) is 4.27. The molecule has 1 aromatic carbocycles. The van der Waals surface area contributed by atoms with E-state index in [1.54, 1.807) is 6.07 Å². The van der Waals surface area contributed by atoms with Crippen LogP contribution in [-0.2, 0) is 6.54 Å². The molecule has 3 N–H and O–H groups in total. The van der Waals surface area contributed by atoms with Crippen molar-refractivity contribution in [3.63, 3.8) is 0 Å². The minimum absolute atomic E-state index is 0.447. The highest BCUT2D eigenvalue weighted by Crippen LogP contribution is 2.19. The molecule has 0 radical (unpaired) electrons. The van der Waals surface area contributed by atoms with Crippen molar-refractivity contribution in [1.82, 2.24) is 4.98 Å². The minimum atomic E-state index is 0.447. The Hall–Kier alpha value is -1.58. The normalized spacial score (nSPS) is 10.3. The van der Waals surface area contributed by atoms with Gasteiger partial charge in [-0.3, -0.25) is 0 Å². The van der Waals surface area contributed by atoms with Gasteiger partial charge in [-0.05, 0) is 36.8 Å². The summed E-state index contributed by atoms with van der Waals surface area (Å²) in [5, 5.41) is 3.64. The number of aryl methyl sites for hydroxylation is 1. The van der Waals surface area contributed by atoms with Gasteiger partial charge in [-0.1, -0.05) is 29.3 Å². The van der Waals surface area contributed by atoms with Gasteiger partial charge in [0, 0.05) is 12.2 Å². The Bertz CT molecular complexity index is 509. The first-order chi connectivity index (χ1) is 8.17. The van der Waals surface area contributed by atoms with E-state index in [0.717, 1.165) is 11.3 Å². The van der Waals surface area contributed by atoms with Gasteiger partial charge >= 0.3 is 0 Å². The third-order valence-corrected chi connectivity index (χ3v) is 2.61. The fraction of sp³-hybridized carbons (Fsp3) is 0.154. The van der Waals surface area contributed by atoms with E-state index in [1.165, 1.54) is 5.56 Å². The summed E-state index contributed by atoms with van der Waals surface area (Å²) in [6.07, 6.45) is 0. The minimum Gasteiger partial charge on any atom is -0.340 e. The van der Waals surface area contributed by atoms with Crippen molar-refractivity contribution in [1.29, 1.82) is 0 Å². The molecule has 4 heteroatoms. The number of nitrogens with zero attached hydrogens (tertiary/aromatic N) is 1. The highest BCUT2D eigenvalue weighted by atomic mass is 35.5. The molecular weight excluding hydrogens is 234 g/mol. The number of anilines is 2. The SMILES string of the molecule is Cc1ccc(Nc2cc(CN)cc(Cl)n2)cc1. The average molecular weight is 248 g/mol. The van der Waals surface area contributed by atoms with Crippen molar-refractivity contribution in [3.05, 3.63) is 52.7 Å². The quantitative estimate of drug-likeness (QED) is 0.819. The van der Waals surface area contributed by atoms with Gasteiger partial charge in [0.1, 0.15) is 11.0 Å². The molecule has 0 unspecified atom stereocenters. The van der Waals surface area contributed by atoms with Crippen LogP contribution in [0.4, 0.5) is 11.5 Å². The molecule has 88 valence electrons. The molecule has 2 rings (SSSR count). The lowest BCUT2D eigenvalue weighted by Gasteiger charge is -2.08. The molecule has 0 fully saturated rings. The van der Waals surface area contributed by atoms with Gasteiger partial charge in [0.25, 0.3) is 0 Å². The van der Waals surface area contributed by atoms with Gasteiger partial charge in [-0.2, -0.15) is 0 Å². The molecule has 0 aliphatic heterocycles. The molecule has 0 saturated carbocycles. The van der Waals surface area contributed by atoms with Crippen LogP contribution in [0.5, 0.6) is 0 Å². The number of pyridine rings is 1. The maximum absolute atomic E-state index is 5.91. The fourth-order valence-electron chi connectivity index (χ4n) is 1.52. The van der Waals surface area contributed by atoms with Crippen molar-refractivity contribution in [2.24, 2.45) is 5.73 Å². The first-order valence-corrected chi connectivity index (χ1v) is 5.75. The van der Waals surface area contributed by atoms with E-state index in [4.69, 9.17) is 17.3 Å². The van der Waals surface area contributed by atoms with Crippen molar-refractivity contribution in [3.8, 4) is 0 Å². The molecule has 0 aliphatic rings. The Morgan fingerprint density at radius 2 is 1.94 bits per heavy atom. The van der Waals surface area contributed by atoms with Gasteiger partial charge in [0.15, 0.2) is 0 Å². The lowest BCUT2D eigenvalue weighted by atomic mass is 10.2. The van der Waals surface area contributed by atoms with Gasteiger partial charge in [0.2, 0.25) is 0 Å². The van der Waals surface area contributed by atoms with Gasteiger partial charge in [-0.15, -0.1) is 0 Å². The summed E-state index contributed by atoms with van der Waals surface area (Å²) in [4.78, 5) is 4.20. The number of benzene rings is 1. The van der Waals surface area contributed by atoms with Crippen LogP contribution in [-0.4, -0.2) is 4.98 Å². The molecule has 0 atom stereocenters. The maximum Gasteiger partial charge on any atom is 0.132 e. The lowest BCUT2D eigenvalue weighted by molar-refractivity contribution is 1.06. The van der Waals surface area contributed by atoms with E-state index in [2.05, 4.69) is 10.3 Å². The van der Waals surface area contributed by atoms with Gasteiger partial charge in [0.05, 0.1) is 0 Å². The Morgan fingerprint density at radius 3 is 2.59 bits per heavy atom. The highest BCUT2D eigenvalue weighted by molar-refractivity contribution is 6.29. The molecule has 0 aliphatic carbocycles. The predicted octanol–water partition coefficient (Wildman–Crippen LogP) is 3.25. The van der Waals surface area contributed by atoms with E-state index in [0.29, 0.717) is 17.5 Å². The third-order valence-electron chi connectivity index (χ3n) is 2.41. The van der Waals surface area contributed by atoms with Crippen LogP contribution in [0.3, 0.4) is 0 Å². The summed E-state index contributed by atoms with van der Waals surface area (Å²) < 4.78 is 0. The first-order valence-electron chi connectivity index (χ1n) is 5.37. The van der Waals surface area contributed by atoms with Crippen LogP contribution in [0.2, 0.25) is 5.15 Å².